The van der Waals surface area contributed by atoms with E-state index in [0.717, 1.165) is 5.69 Å². The van der Waals surface area contributed by atoms with Crippen LogP contribution in [0, 0.1) is 6.92 Å². The molecule has 8 nitrogen and oxygen atoms in total. The van der Waals surface area contributed by atoms with Crippen LogP contribution in [0.1, 0.15) is 16.2 Å². The Morgan fingerprint density at radius 2 is 1.50 bits per heavy atom. The summed E-state index contributed by atoms with van der Waals surface area (Å²) < 4.78 is 1.46. The summed E-state index contributed by atoms with van der Waals surface area (Å²) in [6.07, 6.45) is 0. The minimum atomic E-state index is -0.452. The molecule has 8 heteroatoms. The van der Waals surface area contributed by atoms with E-state index in [1.165, 1.54) is 9.58 Å². The van der Waals surface area contributed by atoms with Gasteiger partial charge in [0, 0.05) is 25.5 Å². The zero-order valence-electron chi connectivity index (χ0n) is 15.9. The third kappa shape index (κ3) is 4.29. The average molecular weight is 378 g/mol. The van der Waals surface area contributed by atoms with Gasteiger partial charge in [-0.1, -0.05) is 36.4 Å². The van der Waals surface area contributed by atoms with Gasteiger partial charge in [0.1, 0.15) is 0 Å². The first-order chi connectivity index (χ1) is 13.5. The van der Waals surface area contributed by atoms with E-state index in [0.29, 0.717) is 17.3 Å². The van der Waals surface area contributed by atoms with Crippen LogP contribution < -0.4 is 16.1 Å². The second kappa shape index (κ2) is 8.26. The van der Waals surface area contributed by atoms with Crippen LogP contribution in [-0.4, -0.2) is 40.6 Å². The smallest absolute Gasteiger partial charge is 0.338 e. The van der Waals surface area contributed by atoms with Gasteiger partial charge in [-0.15, -0.1) is 0 Å². The molecule has 0 saturated heterocycles. The van der Waals surface area contributed by atoms with E-state index >= 15 is 0 Å². The zero-order valence-corrected chi connectivity index (χ0v) is 15.9. The van der Waals surface area contributed by atoms with E-state index in [-0.39, 0.29) is 11.6 Å². The average Bonchev–Trinajstić information content (AvgIpc) is 2.98. The summed E-state index contributed by atoms with van der Waals surface area (Å²) in [5.41, 5.74) is 4.93. The van der Waals surface area contributed by atoms with Crippen molar-refractivity contribution in [1.82, 2.24) is 14.6 Å². The Balaban J connectivity index is 1.90. The number of nitrogens with zero attached hydrogens (tertiary/aromatic N) is 3. The van der Waals surface area contributed by atoms with E-state index < -0.39 is 6.03 Å². The molecule has 0 aliphatic heterocycles. The monoisotopic (exact) mass is 378 g/mol. The van der Waals surface area contributed by atoms with Gasteiger partial charge in [0.25, 0.3) is 5.91 Å². The van der Waals surface area contributed by atoms with Crippen molar-refractivity contribution in [2.24, 2.45) is 0 Å². The minimum Gasteiger partial charge on any atom is -0.343 e. The Labute approximate surface area is 163 Å². The molecule has 0 spiro atoms. The number of amides is 3. The SMILES string of the molecule is Cc1c(C(=O)N(C)C)nc(Nc2ccccc2)n1NC(=O)Nc1ccccc1. The van der Waals surface area contributed by atoms with Gasteiger partial charge in [0.2, 0.25) is 5.95 Å². The first kappa shape index (κ1) is 19.0. The molecule has 2 aromatic carbocycles. The van der Waals surface area contributed by atoms with Crippen molar-refractivity contribution in [2.75, 3.05) is 30.2 Å². The van der Waals surface area contributed by atoms with Gasteiger partial charge in [-0.3, -0.25) is 4.79 Å². The Hall–Kier alpha value is -3.81. The fourth-order valence-corrected chi connectivity index (χ4v) is 2.57. The summed E-state index contributed by atoms with van der Waals surface area (Å²) in [7, 11) is 3.31. The van der Waals surface area contributed by atoms with Crippen molar-refractivity contribution in [3.05, 3.63) is 72.1 Å². The molecule has 1 aromatic heterocycles. The summed E-state index contributed by atoms with van der Waals surface area (Å²) in [6, 6.07) is 18.0. The van der Waals surface area contributed by atoms with Gasteiger partial charge in [-0.25, -0.2) is 19.9 Å². The fraction of sp³-hybridized carbons (Fsp3) is 0.150. The summed E-state index contributed by atoms with van der Waals surface area (Å²) in [4.78, 5) is 30.8. The maximum Gasteiger partial charge on any atom is 0.338 e. The number of imidazole rings is 1. The van der Waals surface area contributed by atoms with Crippen LogP contribution in [0.3, 0.4) is 0 Å². The number of benzene rings is 2. The number of nitrogens with one attached hydrogen (secondary N) is 3. The number of anilines is 3. The Bertz CT molecular complexity index is 967. The van der Waals surface area contributed by atoms with Gasteiger partial charge in [0.05, 0.1) is 5.69 Å². The molecule has 1 heterocycles. The number of hydrogen-bond acceptors (Lipinski definition) is 4. The van der Waals surface area contributed by atoms with E-state index in [1.54, 1.807) is 33.2 Å². The number of hydrogen-bond donors (Lipinski definition) is 3. The molecule has 0 unspecified atom stereocenters. The second-order valence-electron chi connectivity index (χ2n) is 6.33. The van der Waals surface area contributed by atoms with Crippen molar-refractivity contribution in [3.8, 4) is 0 Å². The van der Waals surface area contributed by atoms with E-state index in [9.17, 15) is 9.59 Å². The standard InChI is InChI=1S/C20H22N6O2/c1-14-17(18(27)25(2)3)23-19(21-15-10-6-4-7-11-15)26(14)24-20(28)22-16-12-8-5-9-13-16/h4-13H,1-3H3,(H,21,23)(H2,22,24,28). The quantitative estimate of drug-likeness (QED) is 0.634. The lowest BCUT2D eigenvalue weighted by atomic mass is 10.3. The Morgan fingerprint density at radius 1 is 0.929 bits per heavy atom. The van der Waals surface area contributed by atoms with Crippen LogP contribution in [0.15, 0.2) is 60.7 Å². The van der Waals surface area contributed by atoms with Crippen molar-refractivity contribution in [1.29, 1.82) is 0 Å². The summed E-state index contributed by atoms with van der Waals surface area (Å²) in [5, 5.41) is 5.88. The summed E-state index contributed by atoms with van der Waals surface area (Å²) >= 11 is 0. The molecule has 3 amide bonds. The molecule has 0 saturated carbocycles. The molecule has 3 N–H and O–H groups in total. The molecule has 0 fully saturated rings. The zero-order chi connectivity index (χ0) is 20.1. The molecule has 0 aliphatic carbocycles. The molecule has 28 heavy (non-hydrogen) atoms. The highest BCUT2D eigenvalue weighted by Gasteiger charge is 2.22. The predicted molar refractivity (Wildman–Crippen MR) is 110 cm³/mol. The fourth-order valence-electron chi connectivity index (χ4n) is 2.57. The van der Waals surface area contributed by atoms with E-state index in [2.05, 4.69) is 21.0 Å². The Morgan fingerprint density at radius 3 is 2.07 bits per heavy atom. The molecule has 0 bridgehead atoms. The Kier molecular flexibility index (Phi) is 5.59. The normalized spacial score (nSPS) is 10.2. The largest absolute Gasteiger partial charge is 0.343 e. The van der Waals surface area contributed by atoms with Gasteiger partial charge in [-0.05, 0) is 31.2 Å². The van der Waals surface area contributed by atoms with Crippen LogP contribution in [0.2, 0.25) is 0 Å². The summed E-state index contributed by atoms with van der Waals surface area (Å²) in [6.45, 7) is 1.72. The predicted octanol–water partition coefficient (Wildman–Crippen LogP) is 3.41. The first-order valence-electron chi connectivity index (χ1n) is 8.72. The third-order valence-corrected chi connectivity index (χ3v) is 3.99. The molecule has 3 rings (SSSR count). The van der Waals surface area contributed by atoms with Crippen LogP contribution in [0.4, 0.5) is 22.1 Å². The highest BCUT2D eigenvalue weighted by atomic mass is 16.2. The molecule has 0 aliphatic rings. The van der Waals surface area contributed by atoms with Crippen LogP contribution in [0.5, 0.6) is 0 Å². The van der Waals surface area contributed by atoms with Crippen molar-refractivity contribution >= 4 is 29.3 Å². The molecule has 0 radical (unpaired) electrons. The lowest BCUT2D eigenvalue weighted by Crippen LogP contribution is -2.30. The number of rotatable bonds is 5. The molecular formula is C20H22N6O2. The van der Waals surface area contributed by atoms with Crippen LogP contribution >= 0.6 is 0 Å². The molecular weight excluding hydrogens is 356 g/mol. The molecule has 144 valence electrons. The topological polar surface area (TPSA) is 91.3 Å². The highest BCUT2D eigenvalue weighted by molar-refractivity contribution is 5.97. The van der Waals surface area contributed by atoms with Crippen molar-refractivity contribution < 1.29 is 9.59 Å². The number of carbonyl (C=O) groups is 2. The number of para-hydroxylation sites is 2. The van der Waals surface area contributed by atoms with Crippen LogP contribution in [-0.2, 0) is 0 Å². The minimum absolute atomic E-state index is 0.252. The van der Waals surface area contributed by atoms with E-state index in [4.69, 9.17) is 0 Å². The number of aromatic nitrogens is 2. The lowest BCUT2D eigenvalue weighted by molar-refractivity contribution is 0.0821. The van der Waals surface area contributed by atoms with Crippen molar-refractivity contribution in [3.63, 3.8) is 0 Å². The maximum absolute atomic E-state index is 12.5. The van der Waals surface area contributed by atoms with Crippen LogP contribution in [0.25, 0.3) is 0 Å². The molecule has 0 atom stereocenters. The van der Waals surface area contributed by atoms with Gasteiger partial charge < -0.3 is 15.5 Å². The maximum atomic E-state index is 12.5. The van der Waals surface area contributed by atoms with Gasteiger partial charge >= 0.3 is 6.03 Å². The number of urea groups is 1. The first-order valence-corrected chi connectivity index (χ1v) is 8.72. The number of carbonyl (C=O) groups excluding carboxylic acids is 2. The molecule has 3 aromatic rings. The van der Waals surface area contributed by atoms with Gasteiger partial charge in [-0.2, -0.15) is 0 Å². The lowest BCUT2D eigenvalue weighted by Gasteiger charge is -2.14. The third-order valence-electron chi connectivity index (χ3n) is 3.99. The van der Waals surface area contributed by atoms with Gasteiger partial charge in [0.15, 0.2) is 5.69 Å². The van der Waals surface area contributed by atoms with E-state index in [1.807, 2.05) is 48.5 Å². The summed E-state index contributed by atoms with van der Waals surface area (Å²) in [5.74, 6) is 0.0785. The van der Waals surface area contributed by atoms with Crippen molar-refractivity contribution in [2.45, 2.75) is 6.92 Å². The highest BCUT2D eigenvalue weighted by Crippen LogP contribution is 2.20. The second-order valence-corrected chi connectivity index (χ2v) is 6.33.